The van der Waals surface area contributed by atoms with Crippen LogP contribution in [0.4, 0.5) is 11.4 Å². The average Bonchev–Trinajstić information content (AvgIpc) is 3.00. The number of hydrogen-bond acceptors (Lipinski definition) is 5. The summed E-state index contributed by atoms with van der Waals surface area (Å²) in [6.45, 7) is 2.20. The van der Waals surface area contributed by atoms with Crippen molar-refractivity contribution in [1.82, 2.24) is 0 Å². The third-order valence-corrected chi connectivity index (χ3v) is 8.02. The van der Waals surface area contributed by atoms with Crippen molar-refractivity contribution >= 4 is 34.2 Å². The highest BCUT2D eigenvalue weighted by Gasteiger charge is 2.38. The lowest BCUT2D eigenvalue weighted by Gasteiger charge is -2.37. The molecular formula is C34H34N2O3. The molecule has 4 aromatic carbocycles. The van der Waals surface area contributed by atoms with Crippen LogP contribution in [-0.2, 0) is 10.3 Å². The van der Waals surface area contributed by atoms with Crippen LogP contribution < -0.4 is 14.5 Å². The molecule has 0 spiro atoms. The van der Waals surface area contributed by atoms with Gasteiger partial charge in [0.05, 0.1) is 12.7 Å². The zero-order chi connectivity index (χ0) is 27.0. The minimum atomic E-state index is -0.838. The molecular weight excluding hydrogens is 484 g/mol. The Morgan fingerprint density at radius 1 is 0.872 bits per heavy atom. The monoisotopic (exact) mass is 518 g/mol. The first-order valence-electron chi connectivity index (χ1n) is 13.7. The topological polar surface area (TPSA) is 42.0 Å². The lowest BCUT2D eigenvalue weighted by molar-refractivity contribution is 0.0601. The molecule has 2 aliphatic heterocycles. The van der Waals surface area contributed by atoms with Crippen molar-refractivity contribution in [2.75, 3.05) is 44.1 Å². The van der Waals surface area contributed by atoms with E-state index in [0.29, 0.717) is 11.3 Å². The molecule has 1 fully saturated rings. The quantitative estimate of drug-likeness (QED) is 0.265. The van der Waals surface area contributed by atoms with E-state index in [0.717, 1.165) is 46.2 Å². The average molecular weight is 519 g/mol. The van der Waals surface area contributed by atoms with Crippen LogP contribution in [0.15, 0.2) is 84.9 Å². The first kappa shape index (κ1) is 25.1. The van der Waals surface area contributed by atoms with Crippen molar-refractivity contribution in [3.63, 3.8) is 0 Å². The highest BCUT2D eigenvalue weighted by Crippen LogP contribution is 2.46. The molecule has 1 saturated heterocycles. The molecule has 0 aliphatic carbocycles. The van der Waals surface area contributed by atoms with Gasteiger partial charge in [0.15, 0.2) is 5.60 Å². The predicted octanol–water partition coefficient (Wildman–Crippen LogP) is 7.03. The lowest BCUT2D eigenvalue weighted by atomic mass is 9.82. The van der Waals surface area contributed by atoms with Crippen molar-refractivity contribution in [3.05, 3.63) is 107 Å². The number of anilines is 2. The highest BCUT2D eigenvalue weighted by atomic mass is 16.5. The van der Waals surface area contributed by atoms with Crippen molar-refractivity contribution in [2.24, 2.45) is 0 Å². The second-order valence-electron chi connectivity index (χ2n) is 10.6. The predicted molar refractivity (Wildman–Crippen MR) is 159 cm³/mol. The lowest BCUT2D eigenvalue weighted by Crippen LogP contribution is -2.34. The van der Waals surface area contributed by atoms with Gasteiger partial charge in [-0.2, -0.15) is 0 Å². The second kappa shape index (κ2) is 10.1. The first-order chi connectivity index (χ1) is 19.0. The second-order valence-corrected chi connectivity index (χ2v) is 10.6. The summed E-state index contributed by atoms with van der Waals surface area (Å²) in [5.41, 5.74) is 4.98. The van der Waals surface area contributed by atoms with Crippen LogP contribution in [0.2, 0.25) is 0 Å². The molecule has 0 N–H and O–H groups in total. The summed E-state index contributed by atoms with van der Waals surface area (Å²) in [4.78, 5) is 17.4. The molecule has 0 saturated carbocycles. The number of carbonyl (C=O) groups excluding carboxylic acids is 1. The highest BCUT2D eigenvalue weighted by molar-refractivity contribution is 6.09. The van der Waals surface area contributed by atoms with Crippen LogP contribution in [0.3, 0.4) is 0 Å². The molecule has 0 aromatic heterocycles. The van der Waals surface area contributed by atoms with Crippen molar-refractivity contribution in [1.29, 1.82) is 0 Å². The van der Waals surface area contributed by atoms with Gasteiger partial charge in [-0.25, -0.2) is 4.79 Å². The van der Waals surface area contributed by atoms with Crippen molar-refractivity contribution in [3.8, 4) is 5.75 Å². The fourth-order valence-electron chi connectivity index (χ4n) is 5.87. The molecule has 2 heterocycles. The van der Waals surface area contributed by atoms with E-state index in [9.17, 15) is 4.79 Å². The third kappa shape index (κ3) is 4.42. The number of ether oxygens (including phenoxy) is 2. The summed E-state index contributed by atoms with van der Waals surface area (Å²) in [7, 11) is 5.44. The number of rotatable bonds is 5. The first-order valence-corrected chi connectivity index (χ1v) is 13.7. The van der Waals surface area contributed by atoms with Crippen molar-refractivity contribution < 1.29 is 14.3 Å². The van der Waals surface area contributed by atoms with Crippen LogP contribution in [-0.4, -0.2) is 40.3 Å². The fourth-order valence-corrected chi connectivity index (χ4v) is 5.87. The number of methoxy groups -OCH3 is 1. The van der Waals surface area contributed by atoms with E-state index in [4.69, 9.17) is 9.47 Å². The maximum atomic E-state index is 12.9. The largest absolute Gasteiger partial charge is 0.473 e. The van der Waals surface area contributed by atoms with E-state index in [1.54, 1.807) is 0 Å². The summed E-state index contributed by atoms with van der Waals surface area (Å²) >= 11 is 0. The molecule has 0 radical (unpaired) electrons. The van der Waals surface area contributed by atoms with Crippen LogP contribution in [0.5, 0.6) is 5.75 Å². The van der Waals surface area contributed by atoms with Gasteiger partial charge in [-0.15, -0.1) is 0 Å². The maximum Gasteiger partial charge on any atom is 0.338 e. The Bertz CT molecular complexity index is 1540. The summed E-state index contributed by atoms with van der Waals surface area (Å²) in [6.07, 6.45) is 8.09. The minimum Gasteiger partial charge on any atom is -0.473 e. The number of hydrogen-bond donors (Lipinski definition) is 0. The van der Waals surface area contributed by atoms with Crippen LogP contribution in [0, 0.1) is 0 Å². The molecule has 6 rings (SSSR count). The molecule has 39 heavy (non-hydrogen) atoms. The molecule has 2 aliphatic rings. The molecule has 1 unspecified atom stereocenters. The molecule has 198 valence electrons. The van der Waals surface area contributed by atoms with E-state index in [-0.39, 0.29) is 5.97 Å². The third-order valence-electron chi connectivity index (χ3n) is 8.02. The number of benzene rings is 4. The summed E-state index contributed by atoms with van der Waals surface area (Å²) in [5.74, 6) is 0.278. The van der Waals surface area contributed by atoms with Gasteiger partial charge in [0.25, 0.3) is 0 Å². The maximum absolute atomic E-state index is 12.9. The standard InChI is InChI=1S/C34H34N2O3/c1-35(2)27-16-17-28-30(22-27)29-18-19-34(24-10-6-4-7-11-24,39-32(29)23-31(28)33(37)38-3)25-12-14-26(15-13-25)36-20-8-5-9-21-36/h4,6-7,10-19,22-23H,5,8-9,20-21H2,1-3H3. The Morgan fingerprint density at radius 2 is 1.59 bits per heavy atom. The summed E-state index contributed by atoms with van der Waals surface area (Å²) in [5, 5.41) is 1.80. The van der Waals surface area contributed by atoms with Crippen LogP contribution in [0.1, 0.15) is 46.3 Å². The van der Waals surface area contributed by atoms with Gasteiger partial charge in [-0.1, -0.05) is 48.5 Å². The number of carbonyl (C=O) groups is 1. The number of piperidine rings is 1. The Balaban J connectivity index is 1.51. The van der Waals surface area contributed by atoms with Crippen LogP contribution >= 0.6 is 0 Å². The summed E-state index contributed by atoms with van der Waals surface area (Å²) < 4.78 is 12.2. The van der Waals surface area contributed by atoms with Gasteiger partial charge in [0.2, 0.25) is 0 Å². The van der Waals surface area contributed by atoms with Gasteiger partial charge in [-0.05, 0) is 72.5 Å². The molecule has 1 atom stereocenters. The van der Waals surface area contributed by atoms with Gasteiger partial charge < -0.3 is 19.3 Å². The zero-order valence-electron chi connectivity index (χ0n) is 22.8. The molecule has 4 aromatic rings. The van der Waals surface area contributed by atoms with E-state index in [1.807, 2.05) is 50.5 Å². The van der Waals surface area contributed by atoms with Crippen molar-refractivity contribution in [2.45, 2.75) is 24.9 Å². The Kier molecular flexibility index (Phi) is 6.51. The number of fused-ring (bicyclic) bond motifs is 3. The van der Waals surface area contributed by atoms with Gasteiger partial charge >= 0.3 is 5.97 Å². The zero-order valence-corrected chi connectivity index (χ0v) is 22.8. The Labute approximate surface area is 230 Å². The minimum absolute atomic E-state index is 0.380. The number of esters is 1. The normalized spacial score (nSPS) is 18.4. The smallest absolute Gasteiger partial charge is 0.338 e. The SMILES string of the molecule is COC(=O)c1cc2c(c3cc(N(C)C)ccc13)C=CC(c1ccccc1)(c1ccc(N3CCCCC3)cc1)O2. The Morgan fingerprint density at radius 3 is 2.28 bits per heavy atom. The summed E-state index contributed by atoms with van der Waals surface area (Å²) in [6, 6.07) is 27.0. The number of nitrogens with zero attached hydrogens (tertiary/aromatic N) is 2. The van der Waals surface area contributed by atoms with Gasteiger partial charge in [0, 0.05) is 55.2 Å². The molecule has 0 bridgehead atoms. The molecule has 0 amide bonds. The molecule has 5 heteroatoms. The Hall–Kier alpha value is -4.25. The van der Waals surface area contributed by atoms with Crippen LogP contribution in [0.25, 0.3) is 16.8 Å². The van der Waals surface area contributed by atoms with E-state index >= 15 is 0 Å². The van der Waals surface area contributed by atoms with E-state index in [2.05, 4.69) is 64.4 Å². The van der Waals surface area contributed by atoms with Gasteiger partial charge in [-0.3, -0.25) is 0 Å². The van der Waals surface area contributed by atoms with E-state index in [1.165, 1.54) is 32.1 Å². The van der Waals surface area contributed by atoms with E-state index < -0.39 is 5.60 Å². The van der Waals surface area contributed by atoms with Gasteiger partial charge in [0.1, 0.15) is 5.75 Å². The molecule has 5 nitrogen and oxygen atoms in total. The fraction of sp³-hybridized carbons (Fsp3) is 0.265.